The van der Waals surface area contributed by atoms with Gasteiger partial charge < -0.3 is 40.3 Å². The average Bonchev–Trinajstić information content (AvgIpc) is 3.08. The van der Waals surface area contributed by atoms with E-state index in [1.165, 1.54) is 0 Å². The predicted octanol–water partition coefficient (Wildman–Crippen LogP) is -0.654. The third-order valence-electron chi connectivity index (χ3n) is 4.44. The Kier molecular flexibility index (Phi) is 6.92. The average molecular weight is 538 g/mol. The van der Waals surface area contributed by atoms with E-state index in [-0.39, 0.29) is 17.0 Å². The summed E-state index contributed by atoms with van der Waals surface area (Å²) >= 11 is 0. The van der Waals surface area contributed by atoms with Crippen LogP contribution in [0.4, 0.5) is 10.2 Å². The van der Waals surface area contributed by atoms with Crippen molar-refractivity contribution in [1.82, 2.24) is 14.6 Å². The Morgan fingerprint density at radius 2 is 1.85 bits per heavy atom. The number of aliphatic hydroxyl groups excluding tert-OH is 2. The van der Waals surface area contributed by atoms with Crippen LogP contribution < -0.4 is 5.73 Å². The molecule has 0 saturated carbocycles. The second kappa shape index (κ2) is 8.70. The van der Waals surface area contributed by atoms with Crippen molar-refractivity contribution < 1.29 is 65.8 Å². The van der Waals surface area contributed by atoms with Crippen molar-refractivity contribution >= 4 is 34.8 Å². The molecule has 8 N–H and O–H groups in total. The molecule has 3 heterocycles. The van der Waals surface area contributed by atoms with Gasteiger partial charge in [-0.2, -0.15) is 13.7 Å². The van der Waals surface area contributed by atoms with Crippen LogP contribution in [0.25, 0.3) is 5.52 Å². The highest BCUT2D eigenvalue weighted by molar-refractivity contribution is 7.66. The van der Waals surface area contributed by atoms with Gasteiger partial charge in [-0.25, -0.2) is 27.6 Å². The fourth-order valence-corrected chi connectivity index (χ4v) is 6.19. The van der Waals surface area contributed by atoms with Gasteiger partial charge in [-0.1, -0.05) is 0 Å². The lowest BCUT2D eigenvalue weighted by Gasteiger charge is -2.28. The summed E-state index contributed by atoms with van der Waals surface area (Å²) < 4.78 is 66.5. The second-order valence-electron chi connectivity index (χ2n) is 6.97. The van der Waals surface area contributed by atoms with Crippen molar-refractivity contribution in [3.8, 4) is 0 Å². The highest BCUT2D eigenvalue weighted by atomic mass is 31.3. The van der Waals surface area contributed by atoms with E-state index in [2.05, 4.69) is 23.2 Å². The second-order valence-corrected chi connectivity index (χ2v) is 11.4. The van der Waals surface area contributed by atoms with E-state index in [0.29, 0.717) is 0 Å². The summed E-state index contributed by atoms with van der Waals surface area (Å²) in [5, 5.41) is 24.6. The Balaban J connectivity index is 1.79. The Morgan fingerprint density at radius 1 is 1.21 bits per heavy atom. The van der Waals surface area contributed by atoms with Gasteiger partial charge in [0.05, 0.1) is 12.3 Å². The third-order valence-corrected chi connectivity index (χ3v) is 8.22. The van der Waals surface area contributed by atoms with Gasteiger partial charge in [0.25, 0.3) is 0 Å². The minimum absolute atomic E-state index is 0.106. The van der Waals surface area contributed by atoms with Crippen LogP contribution in [0, 0.1) is 5.82 Å². The van der Waals surface area contributed by atoms with Crippen LogP contribution in [0.1, 0.15) is 18.7 Å². The van der Waals surface area contributed by atoms with Crippen LogP contribution in [-0.2, 0) is 31.6 Å². The number of halogens is 1. The molecular weight excluding hydrogens is 520 g/mol. The smallest absolute Gasteiger partial charge is 0.387 e. The van der Waals surface area contributed by atoms with E-state index < -0.39 is 59.8 Å². The summed E-state index contributed by atoms with van der Waals surface area (Å²) in [5.74, 6) is -1.09. The maximum Gasteiger partial charge on any atom is 0.490 e. The van der Waals surface area contributed by atoms with E-state index in [0.717, 1.165) is 23.8 Å². The molecule has 1 saturated heterocycles. The number of hydrogen-bond acceptors (Lipinski definition) is 12. The van der Waals surface area contributed by atoms with Gasteiger partial charge >= 0.3 is 23.5 Å². The van der Waals surface area contributed by atoms with Crippen LogP contribution in [0.2, 0.25) is 0 Å². The molecule has 6 atom stereocenters. The predicted molar refractivity (Wildman–Crippen MR) is 101 cm³/mol. The van der Waals surface area contributed by atoms with E-state index >= 15 is 0 Å². The number of aromatic nitrogens is 3. The first-order valence-electron chi connectivity index (χ1n) is 8.55. The lowest BCUT2D eigenvalue weighted by atomic mass is 9.97. The minimum atomic E-state index is -5.76. The molecule has 186 valence electrons. The molecule has 0 aliphatic carbocycles. The van der Waals surface area contributed by atoms with Gasteiger partial charge in [-0.15, -0.1) is 0 Å². The first-order valence-corrected chi connectivity index (χ1v) is 13.1. The molecule has 17 nitrogen and oxygen atoms in total. The molecule has 0 amide bonds. The number of phosphoric acid groups is 3. The number of phosphoric ester groups is 1. The fraction of sp³-hybridized carbons (Fsp3) is 0.500. The summed E-state index contributed by atoms with van der Waals surface area (Å²) in [4.78, 5) is 39.5. The molecule has 1 aliphatic heterocycles. The molecule has 21 heteroatoms. The Labute approximate surface area is 183 Å². The SMILES string of the molecule is C[C@]1(COP(=O)(O)OP(=O)(O)OP(=O)(O)O)O[C@@H](c2cc(F)c3c(N)ncnn23)[C@H](O)[C@@H]1O. The summed E-state index contributed by atoms with van der Waals surface area (Å²) in [6, 6.07) is 0.912. The van der Waals surface area contributed by atoms with Gasteiger partial charge in [0, 0.05) is 6.07 Å². The minimum Gasteiger partial charge on any atom is -0.387 e. The quantitative estimate of drug-likeness (QED) is 0.206. The molecule has 2 aromatic heterocycles. The highest BCUT2D eigenvalue weighted by Crippen LogP contribution is 2.66. The van der Waals surface area contributed by atoms with E-state index in [9.17, 15) is 38.1 Å². The monoisotopic (exact) mass is 538 g/mol. The van der Waals surface area contributed by atoms with Gasteiger partial charge in [0.15, 0.2) is 11.6 Å². The molecule has 1 aliphatic rings. The number of anilines is 1. The summed E-state index contributed by atoms with van der Waals surface area (Å²) in [5.41, 5.74) is 3.29. The highest BCUT2D eigenvalue weighted by Gasteiger charge is 2.54. The fourth-order valence-electron chi connectivity index (χ4n) is 3.07. The number of nitrogen functional groups attached to an aromatic ring is 1. The Hall–Kier alpha value is -1.36. The normalized spacial score (nSPS) is 29.8. The number of nitrogens with zero attached hydrogens (tertiary/aromatic N) is 3. The molecule has 3 rings (SSSR count). The van der Waals surface area contributed by atoms with Crippen LogP contribution in [0.15, 0.2) is 12.4 Å². The molecule has 0 radical (unpaired) electrons. The zero-order chi connectivity index (χ0) is 25.0. The maximum atomic E-state index is 14.3. The van der Waals surface area contributed by atoms with Gasteiger partial charge in [-0.3, -0.25) is 4.52 Å². The van der Waals surface area contributed by atoms with Crippen LogP contribution >= 0.6 is 23.5 Å². The first-order chi connectivity index (χ1) is 14.9. The number of fused-ring (bicyclic) bond motifs is 1. The summed E-state index contributed by atoms with van der Waals surface area (Å²) in [6.07, 6.45) is -4.02. The lowest BCUT2D eigenvalue weighted by Crippen LogP contribution is -2.44. The molecule has 2 aromatic rings. The largest absolute Gasteiger partial charge is 0.490 e. The number of ether oxygens (including phenoxy) is 1. The van der Waals surface area contributed by atoms with E-state index in [4.69, 9.17) is 20.3 Å². The lowest BCUT2D eigenvalue weighted by molar-refractivity contribution is -0.0983. The van der Waals surface area contributed by atoms with Crippen molar-refractivity contribution in [3.63, 3.8) is 0 Å². The van der Waals surface area contributed by atoms with Crippen molar-refractivity contribution in [2.24, 2.45) is 0 Å². The van der Waals surface area contributed by atoms with Gasteiger partial charge in [0.2, 0.25) is 0 Å². The van der Waals surface area contributed by atoms with E-state index in [1.54, 1.807) is 0 Å². The zero-order valence-corrected chi connectivity index (χ0v) is 19.0. The molecular formula is C12H18FN4O13P3. The van der Waals surface area contributed by atoms with Crippen molar-refractivity contribution in [2.75, 3.05) is 12.3 Å². The maximum absolute atomic E-state index is 14.3. The van der Waals surface area contributed by atoms with Gasteiger partial charge in [0.1, 0.15) is 35.8 Å². The van der Waals surface area contributed by atoms with Crippen LogP contribution in [0.5, 0.6) is 0 Å². The number of hydrogen-bond donors (Lipinski definition) is 7. The first kappa shape index (κ1) is 26.2. The van der Waals surface area contributed by atoms with Crippen LogP contribution in [0.3, 0.4) is 0 Å². The van der Waals surface area contributed by atoms with Crippen molar-refractivity contribution in [2.45, 2.75) is 30.8 Å². The Bertz CT molecular complexity index is 1200. The summed E-state index contributed by atoms with van der Waals surface area (Å²) in [7, 11) is -16.9. The topological polar surface area (TPSA) is 266 Å². The van der Waals surface area contributed by atoms with E-state index in [1.807, 2.05) is 0 Å². The number of aliphatic hydroxyl groups is 2. The molecule has 2 unspecified atom stereocenters. The van der Waals surface area contributed by atoms with Crippen molar-refractivity contribution in [3.05, 3.63) is 23.9 Å². The molecule has 33 heavy (non-hydrogen) atoms. The standard InChI is InChI=1S/C12H18FN4O13P3/c1-12(3-27-32(23,24)30-33(25,26)29-31(20,21)22)10(19)8(18)9(28-12)6-2-5(13)7-11(14)15-4-16-17(6)7/h2,4,8-10,18-19H,3H2,1H3,(H,23,24)(H,25,26)(H2,14,15,16)(H2,20,21,22)/t8-,9-,10-,12+/m0/s1. The number of rotatable bonds is 8. The summed E-state index contributed by atoms with van der Waals surface area (Å²) in [6.45, 7) is 0.0510. The molecule has 1 fully saturated rings. The molecule has 0 aromatic carbocycles. The zero-order valence-electron chi connectivity index (χ0n) is 16.3. The third kappa shape index (κ3) is 5.66. The molecule has 0 spiro atoms. The van der Waals surface area contributed by atoms with Crippen LogP contribution in [-0.4, -0.2) is 68.8 Å². The van der Waals surface area contributed by atoms with Gasteiger partial charge in [-0.05, 0) is 6.92 Å². The Morgan fingerprint density at radius 3 is 2.45 bits per heavy atom. The molecule has 0 bridgehead atoms. The number of nitrogens with two attached hydrogens (primary N) is 1. The van der Waals surface area contributed by atoms with Crippen molar-refractivity contribution in [1.29, 1.82) is 0 Å².